The maximum absolute atomic E-state index is 12.4. The van der Waals surface area contributed by atoms with Gasteiger partial charge in [0.05, 0.1) is 5.75 Å². The van der Waals surface area contributed by atoms with Crippen molar-refractivity contribution in [2.75, 3.05) is 43.4 Å². The van der Waals surface area contributed by atoms with Crippen LogP contribution in [0.5, 0.6) is 0 Å². The van der Waals surface area contributed by atoms with E-state index >= 15 is 0 Å². The molecule has 140 valence electrons. The number of piperazine rings is 1. The molecule has 0 atom stereocenters. The minimum Gasteiger partial charge on any atom is -0.356 e. The molecule has 0 aliphatic carbocycles. The summed E-state index contributed by atoms with van der Waals surface area (Å²) < 4.78 is 26.3. The minimum absolute atomic E-state index is 0.00396. The van der Waals surface area contributed by atoms with E-state index in [4.69, 9.17) is 0 Å². The number of sulfonamides is 1. The first-order chi connectivity index (χ1) is 12.0. The van der Waals surface area contributed by atoms with Gasteiger partial charge < -0.3 is 10.2 Å². The molecule has 1 aromatic rings. The van der Waals surface area contributed by atoms with E-state index < -0.39 is 10.0 Å². The van der Waals surface area contributed by atoms with Crippen molar-refractivity contribution in [1.82, 2.24) is 19.6 Å². The van der Waals surface area contributed by atoms with Crippen LogP contribution < -0.4 is 10.2 Å². The summed E-state index contributed by atoms with van der Waals surface area (Å²) in [7, 11) is -3.29. The Morgan fingerprint density at radius 1 is 1.16 bits per heavy atom. The van der Waals surface area contributed by atoms with Crippen molar-refractivity contribution in [3.05, 3.63) is 18.5 Å². The number of aromatic nitrogens is 2. The fraction of sp³-hybridized carbons (Fsp3) is 0.688. The zero-order valence-electron chi connectivity index (χ0n) is 14.7. The molecule has 25 heavy (non-hydrogen) atoms. The Bertz CT molecular complexity index is 630. The Balaban J connectivity index is 1.71. The molecule has 1 aromatic heterocycles. The quantitative estimate of drug-likeness (QED) is 0.641. The summed E-state index contributed by atoms with van der Waals surface area (Å²) in [5, 5.41) is 2.77. The Kier molecular flexibility index (Phi) is 7.57. The van der Waals surface area contributed by atoms with Gasteiger partial charge in [-0.1, -0.05) is 13.3 Å². The number of nitrogens with zero attached hydrogens (tertiary/aromatic N) is 4. The van der Waals surface area contributed by atoms with E-state index in [0.29, 0.717) is 51.5 Å². The van der Waals surface area contributed by atoms with Crippen molar-refractivity contribution in [3.63, 3.8) is 0 Å². The third kappa shape index (κ3) is 6.24. The first-order valence-electron chi connectivity index (χ1n) is 8.79. The van der Waals surface area contributed by atoms with Crippen LogP contribution in [0.1, 0.15) is 32.6 Å². The summed E-state index contributed by atoms with van der Waals surface area (Å²) in [5.74, 6) is 0.688. The molecule has 1 amide bonds. The van der Waals surface area contributed by atoms with E-state index in [9.17, 15) is 13.2 Å². The van der Waals surface area contributed by atoms with Crippen molar-refractivity contribution >= 4 is 21.9 Å². The van der Waals surface area contributed by atoms with Crippen LogP contribution in [0.2, 0.25) is 0 Å². The highest BCUT2D eigenvalue weighted by atomic mass is 32.2. The van der Waals surface area contributed by atoms with E-state index in [1.807, 2.05) is 11.8 Å². The molecule has 0 bridgehead atoms. The average Bonchev–Trinajstić information content (AvgIpc) is 2.64. The van der Waals surface area contributed by atoms with E-state index in [-0.39, 0.29) is 11.7 Å². The van der Waals surface area contributed by atoms with Crippen molar-refractivity contribution in [2.24, 2.45) is 0 Å². The number of amides is 1. The summed E-state index contributed by atoms with van der Waals surface area (Å²) in [6.45, 7) is 4.46. The molecule has 0 unspecified atom stereocenters. The largest absolute Gasteiger partial charge is 0.356 e. The number of carbonyl (C=O) groups is 1. The van der Waals surface area contributed by atoms with Crippen molar-refractivity contribution in [1.29, 1.82) is 0 Å². The Morgan fingerprint density at radius 3 is 2.48 bits per heavy atom. The second-order valence-electron chi connectivity index (χ2n) is 6.06. The average molecular weight is 369 g/mol. The van der Waals surface area contributed by atoms with Gasteiger partial charge in [-0.15, -0.1) is 0 Å². The predicted octanol–water partition coefficient (Wildman–Crippen LogP) is 0.625. The summed E-state index contributed by atoms with van der Waals surface area (Å²) >= 11 is 0. The molecule has 1 aliphatic heterocycles. The number of nitrogens with one attached hydrogen (secondary N) is 1. The monoisotopic (exact) mass is 369 g/mol. The van der Waals surface area contributed by atoms with E-state index in [2.05, 4.69) is 15.3 Å². The first-order valence-corrected chi connectivity index (χ1v) is 10.4. The zero-order chi connectivity index (χ0) is 18.1. The van der Waals surface area contributed by atoms with Gasteiger partial charge in [0, 0.05) is 51.5 Å². The molecular weight excluding hydrogens is 342 g/mol. The van der Waals surface area contributed by atoms with Crippen LogP contribution >= 0.6 is 0 Å². The fourth-order valence-electron chi connectivity index (χ4n) is 2.66. The standard InChI is InChI=1S/C16H27N5O3S/c1-2-3-6-15(22)17-9-5-14-25(23,24)21-12-10-20(11-13-21)16-18-7-4-8-19-16/h4,7-8H,2-3,5-6,9-14H2,1H3,(H,17,22). The van der Waals surface area contributed by atoms with Gasteiger partial charge in [-0.2, -0.15) is 4.31 Å². The molecular formula is C16H27N5O3S. The van der Waals surface area contributed by atoms with Crippen molar-refractivity contribution in [3.8, 4) is 0 Å². The summed E-state index contributed by atoms with van der Waals surface area (Å²) in [6.07, 6.45) is 6.14. The van der Waals surface area contributed by atoms with Gasteiger partial charge in [0.15, 0.2) is 0 Å². The Morgan fingerprint density at radius 2 is 1.84 bits per heavy atom. The van der Waals surface area contributed by atoms with Crippen LogP contribution in [0.25, 0.3) is 0 Å². The molecule has 2 rings (SSSR count). The van der Waals surface area contributed by atoms with Gasteiger partial charge in [0.1, 0.15) is 0 Å². The lowest BCUT2D eigenvalue weighted by Crippen LogP contribution is -2.49. The zero-order valence-corrected chi connectivity index (χ0v) is 15.5. The Labute approximate surface area is 149 Å². The molecule has 9 heteroatoms. The number of carbonyl (C=O) groups excluding carboxylic acids is 1. The number of hydrogen-bond acceptors (Lipinski definition) is 6. The highest BCUT2D eigenvalue weighted by Gasteiger charge is 2.27. The third-order valence-corrected chi connectivity index (χ3v) is 6.08. The van der Waals surface area contributed by atoms with Crippen LogP contribution in [0.3, 0.4) is 0 Å². The normalized spacial score (nSPS) is 16.0. The molecule has 1 aliphatic rings. The van der Waals surface area contributed by atoms with E-state index in [1.165, 1.54) is 4.31 Å². The van der Waals surface area contributed by atoms with Crippen molar-refractivity contribution < 1.29 is 13.2 Å². The van der Waals surface area contributed by atoms with Gasteiger partial charge in [-0.3, -0.25) is 4.79 Å². The second-order valence-corrected chi connectivity index (χ2v) is 8.15. The molecule has 0 radical (unpaired) electrons. The maximum atomic E-state index is 12.4. The third-order valence-electron chi connectivity index (χ3n) is 4.13. The molecule has 2 heterocycles. The summed E-state index contributed by atoms with van der Waals surface area (Å²) in [6, 6.07) is 1.76. The second kappa shape index (κ2) is 9.67. The summed E-state index contributed by atoms with van der Waals surface area (Å²) in [5.41, 5.74) is 0. The van der Waals surface area contributed by atoms with Gasteiger partial charge in [0.2, 0.25) is 21.9 Å². The molecule has 8 nitrogen and oxygen atoms in total. The van der Waals surface area contributed by atoms with Crippen molar-refractivity contribution in [2.45, 2.75) is 32.6 Å². The van der Waals surface area contributed by atoms with Gasteiger partial charge in [0.25, 0.3) is 0 Å². The Hall–Kier alpha value is -1.74. The summed E-state index contributed by atoms with van der Waals surface area (Å²) in [4.78, 5) is 21.9. The van der Waals surface area contributed by atoms with E-state index in [1.54, 1.807) is 18.5 Å². The molecule has 1 fully saturated rings. The fourth-order valence-corrected chi connectivity index (χ4v) is 4.14. The van der Waals surface area contributed by atoms with E-state index in [0.717, 1.165) is 12.8 Å². The number of hydrogen-bond donors (Lipinski definition) is 1. The molecule has 1 saturated heterocycles. The highest BCUT2D eigenvalue weighted by molar-refractivity contribution is 7.89. The lowest BCUT2D eigenvalue weighted by atomic mass is 10.2. The van der Waals surface area contributed by atoms with Crippen LogP contribution in [0.4, 0.5) is 5.95 Å². The van der Waals surface area contributed by atoms with Gasteiger partial charge in [-0.25, -0.2) is 18.4 Å². The predicted molar refractivity (Wildman–Crippen MR) is 96.8 cm³/mol. The van der Waals surface area contributed by atoms with Crippen LogP contribution in [-0.4, -0.2) is 67.1 Å². The molecule has 0 spiro atoms. The number of unbranched alkanes of at least 4 members (excludes halogenated alkanes) is 1. The number of rotatable bonds is 9. The highest BCUT2D eigenvalue weighted by Crippen LogP contribution is 2.13. The first kappa shape index (κ1) is 19.6. The molecule has 0 aromatic carbocycles. The van der Waals surface area contributed by atoms with Gasteiger partial charge in [-0.05, 0) is 18.9 Å². The molecule has 0 saturated carbocycles. The maximum Gasteiger partial charge on any atom is 0.225 e. The smallest absolute Gasteiger partial charge is 0.225 e. The number of anilines is 1. The minimum atomic E-state index is -3.29. The molecule has 1 N–H and O–H groups in total. The lowest BCUT2D eigenvalue weighted by molar-refractivity contribution is -0.121. The van der Waals surface area contributed by atoms with Crippen LogP contribution in [-0.2, 0) is 14.8 Å². The van der Waals surface area contributed by atoms with Gasteiger partial charge >= 0.3 is 0 Å². The lowest BCUT2D eigenvalue weighted by Gasteiger charge is -2.33. The topological polar surface area (TPSA) is 95.5 Å². The van der Waals surface area contributed by atoms with Crippen LogP contribution in [0.15, 0.2) is 18.5 Å². The SMILES string of the molecule is CCCCC(=O)NCCCS(=O)(=O)N1CCN(c2ncccn2)CC1. The van der Waals surface area contributed by atoms with Crippen LogP contribution in [0, 0.1) is 0 Å².